The van der Waals surface area contributed by atoms with E-state index < -0.39 is 11.3 Å². The number of hydrogen-bond acceptors (Lipinski definition) is 9. The van der Waals surface area contributed by atoms with Crippen molar-refractivity contribution >= 4 is 23.4 Å². The van der Waals surface area contributed by atoms with Gasteiger partial charge in [-0.15, -0.1) is 13.2 Å². The van der Waals surface area contributed by atoms with Gasteiger partial charge >= 0.3 is 12.0 Å². The van der Waals surface area contributed by atoms with Crippen LogP contribution in [-0.2, 0) is 6.54 Å². The fourth-order valence-electron chi connectivity index (χ4n) is 5.49. The Morgan fingerprint density at radius 3 is 2.42 bits per heavy atom. The average molecular weight is 600 g/mol. The second-order valence-electron chi connectivity index (χ2n) is 10.7. The van der Waals surface area contributed by atoms with Crippen molar-refractivity contribution in [3.8, 4) is 5.75 Å². The molecule has 1 aliphatic heterocycles. The molecule has 228 valence electrons. The van der Waals surface area contributed by atoms with E-state index in [4.69, 9.17) is 0 Å². The van der Waals surface area contributed by atoms with E-state index in [1.165, 1.54) is 18.2 Å². The van der Waals surface area contributed by atoms with Crippen LogP contribution >= 0.6 is 0 Å². The third-order valence-electron chi connectivity index (χ3n) is 7.77. The van der Waals surface area contributed by atoms with Gasteiger partial charge in [-0.25, -0.2) is 4.98 Å². The minimum absolute atomic E-state index is 0.0327. The van der Waals surface area contributed by atoms with Gasteiger partial charge in [0, 0.05) is 43.3 Å². The Bertz CT molecular complexity index is 1410. The van der Waals surface area contributed by atoms with Gasteiger partial charge in [-0.05, 0) is 49.8 Å². The maximum Gasteiger partial charge on any atom is 0.573 e. The van der Waals surface area contributed by atoms with Crippen LogP contribution in [0.15, 0.2) is 60.8 Å². The molecule has 14 heteroatoms. The van der Waals surface area contributed by atoms with E-state index >= 15 is 0 Å². The van der Waals surface area contributed by atoms with Crippen molar-refractivity contribution in [2.45, 2.75) is 50.7 Å². The summed E-state index contributed by atoms with van der Waals surface area (Å²) in [5.41, 5.74) is 0.589. The van der Waals surface area contributed by atoms with Crippen LogP contribution < -0.4 is 20.7 Å². The lowest BCUT2D eigenvalue weighted by Crippen LogP contribution is -2.62. The summed E-state index contributed by atoms with van der Waals surface area (Å²) in [5.74, 6) is -0.0421. The van der Waals surface area contributed by atoms with E-state index in [9.17, 15) is 28.1 Å². The first-order valence-corrected chi connectivity index (χ1v) is 14.1. The van der Waals surface area contributed by atoms with Gasteiger partial charge in [0.05, 0.1) is 11.0 Å². The fraction of sp³-hybridized carbons (Fsp3) is 0.414. The SMILES string of the molecule is O=C(NC1CN([C@H]2CC[C@H](CNc3nc(NCc4ccccc4OC(F)(F)F)ncc3[N+](=O)[O-])CC2)C1)c1ccccc1. The first kappa shape index (κ1) is 30.0. The summed E-state index contributed by atoms with van der Waals surface area (Å²) >= 11 is 0. The smallest absolute Gasteiger partial charge is 0.405 e. The number of nitrogens with one attached hydrogen (secondary N) is 3. The summed E-state index contributed by atoms with van der Waals surface area (Å²) in [6.45, 7) is 2.05. The lowest BCUT2D eigenvalue weighted by atomic mass is 9.84. The normalized spacial score (nSPS) is 19.2. The van der Waals surface area contributed by atoms with Crippen molar-refractivity contribution in [1.82, 2.24) is 20.2 Å². The molecule has 5 rings (SSSR count). The molecule has 1 aliphatic carbocycles. The Morgan fingerprint density at radius 1 is 1.02 bits per heavy atom. The van der Waals surface area contributed by atoms with E-state index in [0.29, 0.717) is 24.1 Å². The molecule has 1 aromatic heterocycles. The van der Waals surface area contributed by atoms with Crippen LogP contribution in [0.1, 0.15) is 41.6 Å². The maximum absolute atomic E-state index is 12.7. The van der Waals surface area contributed by atoms with Gasteiger partial charge in [-0.1, -0.05) is 36.4 Å². The molecule has 1 saturated heterocycles. The number of likely N-dealkylation sites (tertiary alicyclic amines) is 1. The van der Waals surface area contributed by atoms with Crippen LogP contribution in [0, 0.1) is 16.0 Å². The summed E-state index contributed by atoms with van der Waals surface area (Å²) < 4.78 is 42.3. The van der Waals surface area contributed by atoms with Gasteiger partial charge in [0.2, 0.25) is 11.8 Å². The third-order valence-corrected chi connectivity index (χ3v) is 7.77. The Morgan fingerprint density at radius 2 is 1.72 bits per heavy atom. The number of amides is 1. The zero-order valence-electron chi connectivity index (χ0n) is 23.2. The van der Waals surface area contributed by atoms with Crippen molar-refractivity contribution < 1.29 is 27.6 Å². The van der Waals surface area contributed by atoms with Crippen LogP contribution in [0.4, 0.5) is 30.6 Å². The zero-order chi connectivity index (χ0) is 30.4. The van der Waals surface area contributed by atoms with E-state index in [0.717, 1.165) is 45.0 Å². The molecule has 2 aromatic carbocycles. The largest absolute Gasteiger partial charge is 0.573 e. The van der Waals surface area contributed by atoms with Gasteiger partial charge in [-0.2, -0.15) is 4.98 Å². The summed E-state index contributed by atoms with van der Waals surface area (Å²) in [6.07, 6.45) is 0.0928. The number of benzene rings is 2. The lowest BCUT2D eigenvalue weighted by molar-refractivity contribution is -0.384. The molecule has 0 spiro atoms. The number of anilines is 2. The van der Waals surface area contributed by atoms with Crippen LogP contribution in [0.2, 0.25) is 0 Å². The second-order valence-corrected chi connectivity index (χ2v) is 10.7. The number of hydrogen-bond donors (Lipinski definition) is 3. The standard InChI is InChI=1S/C29H32F3N7O4/c30-29(31,32)43-25-9-5-4-8-21(25)15-34-28-35-16-24(39(41)42)26(37-28)33-14-19-10-12-23(13-11-19)38-17-22(18-38)36-27(40)20-6-2-1-3-7-20/h1-9,16,19,22-23H,10-15,17-18H2,(H,36,40)(H2,33,34,35,37)/t19-,23-. The molecule has 0 bridgehead atoms. The summed E-state index contributed by atoms with van der Waals surface area (Å²) in [5, 5.41) is 20.6. The van der Waals surface area contributed by atoms with Gasteiger partial charge in [0.25, 0.3) is 5.91 Å². The Hall–Kier alpha value is -4.46. The highest BCUT2D eigenvalue weighted by molar-refractivity contribution is 5.94. The van der Waals surface area contributed by atoms with Crippen LogP contribution in [0.3, 0.4) is 0 Å². The molecule has 43 heavy (non-hydrogen) atoms. The van der Waals surface area contributed by atoms with Crippen LogP contribution in [-0.4, -0.2) is 63.8 Å². The predicted molar refractivity (Wildman–Crippen MR) is 153 cm³/mol. The first-order chi connectivity index (χ1) is 20.6. The predicted octanol–water partition coefficient (Wildman–Crippen LogP) is 4.98. The molecule has 1 saturated carbocycles. The van der Waals surface area contributed by atoms with E-state index in [2.05, 4.69) is 35.6 Å². The monoisotopic (exact) mass is 599 g/mol. The van der Waals surface area contributed by atoms with Crippen molar-refractivity contribution in [1.29, 1.82) is 0 Å². The summed E-state index contributed by atoms with van der Waals surface area (Å²) in [4.78, 5) is 34.0. The van der Waals surface area contributed by atoms with Crippen LogP contribution in [0.25, 0.3) is 0 Å². The Labute approximate surface area is 246 Å². The number of halogens is 3. The molecule has 0 atom stereocenters. The number of rotatable bonds is 11. The molecule has 11 nitrogen and oxygen atoms in total. The molecule has 2 aliphatic rings. The molecule has 1 amide bonds. The number of ether oxygens (including phenoxy) is 1. The molecule has 2 fully saturated rings. The fourth-order valence-corrected chi connectivity index (χ4v) is 5.49. The Kier molecular flexibility index (Phi) is 9.24. The Balaban J connectivity index is 1.09. The highest BCUT2D eigenvalue weighted by Crippen LogP contribution is 2.32. The minimum Gasteiger partial charge on any atom is -0.405 e. The lowest BCUT2D eigenvalue weighted by Gasteiger charge is -2.46. The van der Waals surface area contributed by atoms with E-state index in [1.54, 1.807) is 18.2 Å². The molecule has 0 unspecified atom stereocenters. The molecule has 3 N–H and O–H groups in total. The third kappa shape index (κ3) is 8.09. The number of carbonyl (C=O) groups is 1. The van der Waals surface area contributed by atoms with Crippen molar-refractivity contribution in [3.63, 3.8) is 0 Å². The molecule has 0 radical (unpaired) electrons. The molecular weight excluding hydrogens is 567 g/mol. The summed E-state index contributed by atoms with van der Waals surface area (Å²) in [7, 11) is 0. The van der Waals surface area contributed by atoms with Gasteiger partial charge in [0.1, 0.15) is 11.9 Å². The number of aromatic nitrogens is 2. The minimum atomic E-state index is -4.84. The van der Waals surface area contributed by atoms with Crippen molar-refractivity contribution in [2.24, 2.45) is 5.92 Å². The van der Waals surface area contributed by atoms with E-state index in [1.807, 2.05) is 18.2 Å². The van der Waals surface area contributed by atoms with Gasteiger partial charge in [-0.3, -0.25) is 19.8 Å². The van der Waals surface area contributed by atoms with Crippen LogP contribution in [0.5, 0.6) is 5.75 Å². The second kappa shape index (κ2) is 13.2. The quantitative estimate of drug-likeness (QED) is 0.206. The highest BCUT2D eigenvalue weighted by atomic mass is 19.4. The van der Waals surface area contributed by atoms with Crippen molar-refractivity contribution in [2.75, 3.05) is 30.3 Å². The average Bonchev–Trinajstić information content (AvgIpc) is 2.97. The molecule has 2 heterocycles. The van der Waals surface area contributed by atoms with Crippen molar-refractivity contribution in [3.05, 3.63) is 82.0 Å². The number of nitrogens with zero attached hydrogens (tertiary/aromatic N) is 4. The first-order valence-electron chi connectivity index (χ1n) is 14.1. The molecular formula is C29H32F3N7O4. The number of para-hydroxylation sites is 1. The van der Waals surface area contributed by atoms with E-state index in [-0.39, 0.29) is 47.3 Å². The summed E-state index contributed by atoms with van der Waals surface area (Å²) in [6, 6.07) is 15.4. The van der Waals surface area contributed by atoms with Gasteiger partial charge in [0.15, 0.2) is 0 Å². The highest BCUT2D eigenvalue weighted by Gasteiger charge is 2.35. The maximum atomic E-state index is 12.7. The van der Waals surface area contributed by atoms with Gasteiger partial charge < -0.3 is 20.7 Å². The molecule has 3 aromatic rings. The zero-order valence-corrected chi connectivity index (χ0v) is 23.2. The number of carbonyl (C=O) groups excluding carboxylic acids is 1. The number of alkyl halides is 3. The topological polar surface area (TPSA) is 135 Å². The number of nitro groups is 1.